The molecule has 0 fully saturated rings. The summed E-state index contributed by atoms with van der Waals surface area (Å²) in [6, 6.07) is 13.2. The molecule has 2 rings (SSSR count). The van der Waals surface area contributed by atoms with Crippen molar-refractivity contribution in [3.05, 3.63) is 59.4 Å². The van der Waals surface area contributed by atoms with Gasteiger partial charge in [-0.3, -0.25) is 4.79 Å². The zero-order valence-corrected chi connectivity index (χ0v) is 17.7. The van der Waals surface area contributed by atoms with Gasteiger partial charge in [-0.1, -0.05) is 20.8 Å². The number of amides is 1. The minimum atomic E-state index is -0.690. The Hall–Kier alpha value is -3.66. The highest BCUT2D eigenvalue weighted by molar-refractivity contribution is 6.06. The molecule has 0 saturated heterocycles. The summed E-state index contributed by atoms with van der Waals surface area (Å²) >= 11 is 0. The van der Waals surface area contributed by atoms with Crippen LogP contribution in [0.1, 0.15) is 40.2 Å². The summed E-state index contributed by atoms with van der Waals surface area (Å²) in [7, 11) is 0. The van der Waals surface area contributed by atoms with Crippen LogP contribution in [-0.2, 0) is 10.2 Å². The van der Waals surface area contributed by atoms with E-state index in [1.165, 1.54) is 6.92 Å². The van der Waals surface area contributed by atoms with Crippen LogP contribution < -0.4 is 14.8 Å². The van der Waals surface area contributed by atoms with Crippen molar-refractivity contribution in [1.29, 1.82) is 5.26 Å². The number of nitriles is 1. The van der Waals surface area contributed by atoms with Crippen molar-refractivity contribution < 1.29 is 24.5 Å². The molecule has 0 heterocycles. The summed E-state index contributed by atoms with van der Waals surface area (Å²) in [5.41, 5.74) is 0.642. The van der Waals surface area contributed by atoms with Crippen molar-refractivity contribution in [3.63, 3.8) is 0 Å². The second-order valence-electron chi connectivity index (χ2n) is 7.78. The molecule has 0 aromatic heterocycles. The molecule has 0 radical (unpaired) electrons. The number of ether oxygens (including phenoxy) is 2. The Kier molecular flexibility index (Phi) is 6.96. The van der Waals surface area contributed by atoms with Gasteiger partial charge in [0.15, 0.2) is 5.57 Å². The lowest BCUT2D eigenvalue weighted by Gasteiger charge is -2.22. The number of rotatable bonds is 6. The number of carbonyl (C=O) groups is 1. The summed E-state index contributed by atoms with van der Waals surface area (Å²) in [5, 5.41) is 30.8. The van der Waals surface area contributed by atoms with Gasteiger partial charge in [-0.15, -0.1) is 0 Å². The van der Waals surface area contributed by atoms with E-state index >= 15 is 0 Å². The van der Waals surface area contributed by atoms with Gasteiger partial charge in [-0.05, 0) is 54.8 Å². The Morgan fingerprint density at radius 2 is 1.67 bits per heavy atom. The normalized spacial score (nSPS) is 12.9. The van der Waals surface area contributed by atoms with Gasteiger partial charge in [-0.2, -0.15) is 5.26 Å². The van der Waals surface area contributed by atoms with E-state index in [0.29, 0.717) is 17.2 Å². The number of hydrogen-bond donors (Lipinski definition) is 3. The first kappa shape index (κ1) is 22.6. The first-order valence-corrected chi connectivity index (χ1v) is 9.39. The molecule has 0 aliphatic heterocycles. The highest BCUT2D eigenvalue weighted by Gasteiger charge is 2.19. The third-order valence-corrected chi connectivity index (χ3v) is 4.19. The van der Waals surface area contributed by atoms with E-state index in [2.05, 4.69) is 5.32 Å². The fourth-order valence-corrected chi connectivity index (χ4v) is 2.70. The van der Waals surface area contributed by atoms with E-state index in [4.69, 9.17) is 14.7 Å². The number of nitrogens with zero attached hydrogens (tertiary/aromatic N) is 1. The van der Waals surface area contributed by atoms with Crippen LogP contribution in [-0.4, -0.2) is 22.4 Å². The number of allylic oxidation sites excluding steroid dienone is 1. The van der Waals surface area contributed by atoms with Crippen LogP contribution in [0.25, 0.3) is 0 Å². The Morgan fingerprint density at radius 3 is 2.20 bits per heavy atom. The lowest BCUT2D eigenvalue weighted by molar-refractivity contribution is -0.112. The Morgan fingerprint density at radius 1 is 1.10 bits per heavy atom. The molecular formula is C23H26N2O5. The number of hydrogen-bond acceptors (Lipinski definition) is 6. The number of aliphatic hydroxyl groups is 1. The van der Waals surface area contributed by atoms with Gasteiger partial charge in [0.1, 0.15) is 29.1 Å². The SMILES string of the molecule is CC(O)=C(C#N)C(=O)Nc1ccc(OC(C)Oc2ccc(O)c(C(C)(C)C)c2)cc1. The molecule has 158 valence electrons. The first-order chi connectivity index (χ1) is 14.0. The van der Waals surface area contributed by atoms with Crippen LogP contribution >= 0.6 is 0 Å². The summed E-state index contributed by atoms with van der Waals surface area (Å²) in [6.07, 6.45) is -0.604. The van der Waals surface area contributed by atoms with Crippen LogP contribution in [0.15, 0.2) is 53.8 Å². The average Bonchev–Trinajstić information content (AvgIpc) is 2.64. The van der Waals surface area contributed by atoms with Gasteiger partial charge in [-0.25, -0.2) is 0 Å². The van der Waals surface area contributed by atoms with Crippen molar-refractivity contribution in [2.45, 2.75) is 46.3 Å². The molecule has 0 saturated carbocycles. The predicted octanol–water partition coefficient (Wildman–Crippen LogP) is 4.79. The zero-order chi connectivity index (χ0) is 22.5. The summed E-state index contributed by atoms with van der Waals surface area (Å²) in [6.45, 7) is 9.03. The van der Waals surface area contributed by atoms with Gasteiger partial charge in [0.25, 0.3) is 5.91 Å². The van der Waals surface area contributed by atoms with E-state index in [1.54, 1.807) is 55.5 Å². The van der Waals surface area contributed by atoms with Gasteiger partial charge in [0, 0.05) is 18.2 Å². The van der Waals surface area contributed by atoms with E-state index in [1.807, 2.05) is 20.8 Å². The second kappa shape index (κ2) is 9.23. The fraction of sp³-hybridized carbons (Fsp3) is 0.304. The molecule has 2 aromatic carbocycles. The Balaban J connectivity index is 2.02. The number of benzene rings is 2. The van der Waals surface area contributed by atoms with E-state index in [9.17, 15) is 15.0 Å². The molecule has 0 aliphatic carbocycles. The summed E-state index contributed by atoms with van der Waals surface area (Å²) in [4.78, 5) is 12.0. The molecule has 30 heavy (non-hydrogen) atoms. The third kappa shape index (κ3) is 5.92. The largest absolute Gasteiger partial charge is 0.511 e. The lowest BCUT2D eigenvalue weighted by atomic mass is 9.86. The number of aromatic hydroxyl groups is 1. The highest BCUT2D eigenvalue weighted by Crippen LogP contribution is 2.33. The lowest BCUT2D eigenvalue weighted by Crippen LogP contribution is -2.20. The maximum Gasteiger partial charge on any atom is 0.269 e. The van der Waals surface area contributed by atoms with Gasteiger partial charge >= 0.3 is 0 Å². The van der Waals surface area contributed by atoms with Crippen molar-refractivity contribution in [3.8, 4) is 23.3 Å². The molecule has 1 atom stereocenters. The number of phenolic OH excluding ortho intramolecular Hbond substituents is 1. The topological polar surface area (TPSA) is 112 Å². The maximum absolute atomic E-state index is 12.0. The molecule has 1 amide bonds. The third-order valence-electron chi connectivity index (χ3n) is 4.19. The van der Waals surface area contributed by atoms with Crippen molar-refractivity contribution >= 4 is 11.6 Å². The molecule has 1 unspecified atom stereocenters. The minimum Gasteiger partial charge on any atom is -0.511 e. The number of nitrogens with one attached hydrogen (secondary N) is 1. The molecule has 7 nitrogen and oxygen atoms in total. The monoisotopic (exact) mass is 410 g/mol. The van der Waals surface area contributed by atoms with Crippen LogP contribution in [0.4, 0.5) is 5.69 Å². The zero-order valence-electron chi connectivity index (χ0n) is 17.7. The number of aliphatic hydroxyl groups excluding tert-OH is 1. The standard InChI is InChI=1S/C23H26N2O5/c1-14(26)19(13-24)22(28)25-16-6-8-17(9-7-16)29-15(2)30-18-10-11-21(27)20(12-18)23(3,4)5/h6-12,15,26-27H,1-5H3,(H,25,28). The summed E-state index contributed by atoms with van der Waals surface area (Å²) < 4.78 is 11.5. The van der Waals surface area contributed by atoms with Crippen LogP contribution in [0.5, 0.6) is 17.2 Å². The Bertz CT molecular complexity index is 978. The molecular weight excluding hydrogens is 384 g/mol. The average molecular weight is 410 g/mol. The molecule has 2 aromatic rings. The maximum atomic E-state index is 12.0. The number of phenols is 1. The van der Waals surface area contributed by atoms with Gasteiger partial charge < -0.3 is 25.0 Å². The van der Waals surface area contributed by atoms with Crippen LogP contribution in [0.3, 0.4) is 0 Å². The van der Waals surface area contributed by atoms with E-state index in [-0.39, 0.29) is 22.5 Å². The predicted molar refractivity (Wildman–Crippen MR) is 114 cm³/mol. The summed E-state index contributed by atoms with van der Waals surface area (Å²) in [5.74, 6) is 0.274. The molecule has 0 bridgehead atoms. The number of anilines is 1. The van der Waals surface area contributed by atoms with Crippen LogP contribution in [0, 0.1) is 11.3 Å². The molecule has 0 spiro atoms. The minimum absolute atomic E-state index is 0.215. The van der Waals surface area contributed by atoms with E-state index < -0.39 is 12.2 Å². The first-order valence-electron chi connectivity index (χ1n) is 9.39. The van der Waals surface area contributed by atoms with Crippen LogP contribution in [0.2, 0.25) is 0 Å². The highest BCUT2D eigenvalue weighted by atomic mass is 16.7. The quantitative estimate of drug-likeness (QED) is 0.273. The fourth-order valence-electron chi connectivity index (χ4n) is 2.70. The Labute approximate surface area is 176 Å². The van der Waals surface area contributed by atoms with E-state index in [0.717, 1.165) is 5.56 Å². The molecule has 7 heteroatoms. The molecule has 0 aliphatic rings. The van der Waals surface area contributed by atoms with Crippen molar-refractivity contribution in [1.82, 2.24) is 0 Å². The van der Waals surface area contributed by atoms with Crippen molar-refractivity contribution in [2.75, 3.05) is 5.32 Å². The van der Waals surface area contributed by atoms with Crippen molar-refractivity contribution in [2.24, 2.45) is 0 Å². The smallest absolute Gasteiger partial charge is 0.269 e. The van der Waals surface area contributed by atoms with Gasteiger partial charge in [0.2, 0.25) is 6.29 Å². The number of carbonyl (C=O) groups excluding carboxylic acids is 1. The van der Waals surface area contributed by atoms with Gasteiger partial charge in [0.05, 0.1) is 0 Å². The molecule has 3 N–H and O–H groups in total. The second-order valence-corrected chi connectivity index (χ2v) is 7.78.